The van der Waals surface area contributed by atoms with Crippen molar-refractivity contribution in [1.82, 2.24) is 0 Å². The van der Waals surface area contributed by atoms with E-state index in [9.17, 15) is 9.59 Å². The van der Waals surface area contributed by atoms with E-state index in [1.165, 1.54) is 13.8 Å². The summed E-state index contributed by atoms with van der Waals surface area (Å²) in [5.74, 6) is 0.363. The first-order valence-corrected chi connectivity index (χ1v) is 7.37. The number of rotatable bonds is 4. The minimum atomic E-state index is -0.342. The van der Waals surface area contributed by atoms with E-state index in [0.717, 1.165) is 11.1 Å². The minimum absolute atomic E-state index is 0.287. The van der Waals surface area contributed by atoms with Gasteiger partial charge in [0.2, 0.25) is 0 Å². The van der Waals surface area contributed by atoms with Crippen molar-refractivity contribution < 1.29 is 19.1 Å². The van der Waals surface area contributed by atoms with Crippen LogP contribution in [0.5, 0.6) is 11.5 Å². The van der Waals surface area contributed by atoms with Crippen LogP contribution in [0.1, 0.15) is 38.8 Å². The summed E-state index contributed by atoms with van der Waals surface area (Å²) in [5, 5.41) is 0. The lowest BCUT2D eigenvalue weighted by Gasteiger charge is -2.26. The number of hydrogen-bond donors (Lipinski definition) is 0. The number of carbonyl (C=O) groups is 2. The van der Waals surface area contributed by atoms with E-state index in [2.05, 4.69) is 13.8 Å². The van der Waals surface area contributed by atoms with Gasteiger partial charge in [-0.25, -0.2) is 0 Å². The molecule has 0 spiro atoms. The summed E-state index contributed by atoms with van der Waals surface area (Å²) in [6, 6.07) is 14.9. The van der Waals surface area contributed by atoms with Crippen LogP contribution in [0.3, 0.4) is 0 Å². The average molecular weight is 312 g/mol. The van der Waals surface area contributed by atoms with Crippen LogP contribution >= 0.6 is 0 Å². The third kappa shape index (κ3) is 4.19. The summed E-state index contributed by atoms with van der Waals surface area (Å²) in [6.45, 7) is 6.92. The van der Waals surface area contributed by atoms with Gasteiger partial charge in [0.05, 0.1) is 0 Å². The van der Waals surface area contributed by atoms with Crippen LogP contribution < -0.4 is 9.47 Å². The molecule has 0 aliphatic heterocycles. The van der Waals surface area contributed by atoms with Gasteiger partial charge in [-0.15, -0.1) is 0 Å². The lowest BCUT2D eigenvalue weighted by atomic mass is 9.78. The van der Waals surface area contributed by atoms with Gasteiger partial charge in [-0.05, 0) is 35.4 Å². The molecule has 4 heteroatoms. The van der Waals surface area contributed by atoms with Crippen molar-refractivity contribution in [3.63, 3.8) is 0 Å². The normalized spacial score (nSPS) is 11.0. The maximum atomic E-state index is 11.1. The smallest absolute Gasteiger partial charge is 0.308 e. The molecule has 0 saturated carbocycles. The summed E-state index contributed by atoms with van der Waals surface area (Å²) in [6.07, 6.45) is 0. The van der Waals surface area contributed by atoms with E-state index in [0.29, 0.717) is 11.5 Å². The van der Waals surface area contributed by atoms with Crippen molar-refractivity contribution in [3.05, 3.63) is 59.7 Å². The van der Waals surface area contributed by atoms with Crippen molar-refractivity contribution in [3.8, 4) is 11.5 Å². The molecule has 0 atom stereocenters. The van der Waals surface area contributed by atoms with Gasteiger partial charge < -0.3 is 9.47 Å². The summed E-state index contributed by atoms with van der Waals surface area (Å²) in [4.78, 5) is 22.1. The van der Waals surface area contributed by atoms with Crippen LogP contribution in [0.25, 0.3) is 0 Å². The van der Waals surface area contributed by atoms with Gasteiger partial charge >= 0.3 is 11.9 Å². The van der Waals surface area contributed by atoms with E-state index >= 15 is 0 Å². The Balaban J connectivity index is 2.30. The Kier molecular flexibility index (Phi) is 4.84. The molecule has 23 heavy (non-hydrogen) atoms. The molecule has 0 saturated heterocycles. The molecule has 0 aromatic heterocycles. The fourth-order valence-electron chi connectivity index (χ4n) is 2.39. The van der Waals surface area contributed by atoms with Gasteiger partial charge in [0.25, 0.3) is 0 Å². The number of hydrogen-bond acceptors (Lipinski definition) is 4. The highest BCUT2D eigenvalue weighted by Crippen LogP contribution is 2.34. The quantitative estimate of drug-likeness (QED) is 0.635. The second-order valence-corrected chi connectivity index (χ2v) is 5.86. The van der Waals surface area contributed by atoms with Gasteiger partial charge in [-0.2, -0.15) is 0 Å². The molecule has 120 valence electrons. The molecule has 0 aliphatic rings. The molecular formula is C19H20O4. The maximum absolute atomic E-state index is 11.1. The molecule has 0 heterocycles. The zero-order valence-corrected chi connectivity index (χ0v) is 13.8. The van der Waals surface area contributed by atoms with Crippen molar-refractivity contribution >= 4 is 11.9 Å². The molecule has 0 aliphatic carbocycles. The Morgan fingerprint density at radius 1 is 0.783 bits per heavy atom. The Morgan fingerprint density at radius 3 is 1.91 bits per heavy atom. The molecule has 0 bridgehead atoms. The van der Waals surface area contributed by atoms with Crippen molar-refractivity contribution in [2.45, 2.75) is 33.1 Å². The number of ether oxygens (including phenoxy) is 2. The zero-order valence-electron chi connectivity index (χ0n) is 13.8. The molecule has 2 aromatic carbocycles. The van der Waals surface area contributed by atoms with Crippen molar-refractivity contribution in [2.24, 2.45) is 0 Å². The third-order valence-electron chi connectivity index (χ3n) is 3.65. The first-order valence-electron chi connectivity index (χ1n) is 7.37. The van der Waals surface area contributed by atoms with Gasteiger partial charge in [-0.1, -0.05) is 38.1 Å². The number of benzene rings is 2. The summed E-state index contributed by atoms with van der Waals surface area (Å²) in [5.41, 5.74) is 1.80. The minimum Gasteiger partial charge on any atom is -0.427 e. The Morgan fingerprint density at radius 2 is 1.35 bits per heavy atom. The molecular weight excluding hydrogens is 292 g/mol. The molecule has 4 nitrogen and oxygen atoms in total. The van der Waals surface area contributed by atoms with E-state index in [1.54, 1.807) is 18.2 Å². The van der Waals surface area contributed by atoms with Crippen molar-refractivity contribution in [1.29, 1.82) is 0 Å². The van der Waals surface area contributed by atoms with Crippen LogP contribution in [0.4, 0.5) is 0 Å². The van der Waals surface area contributed by atoms with E-state index in [-0.39, 0.29) is 17.4 Å². The van der Waals surface area contributed by atoms with Crippen LogP contribution in [0.15, 0.2) is 48.5 Å². The first kappa shape index (κ1) is 16.7. The second kappa shape index (κ2) is 6.65. The predicted octanol–water partition coefficient (Wildman–Crippen LogP) is 3.86. The van der Waals surface area contributed by atoms with E-state index in [1.807, 2.05) is 30.3 Å². The fraction of sp³-hybridized carbons (Fsp3) is 0.263. The molecule has 2 aromatic rings. The van der Waals surface area contributed by atoms with Crippen molar-refractivity contribution in [2.75, 3.05) is 0 Å². The molecule has 0 unspecified atom stereocenters. The van der Waals surface area contributed by atoms with Crippen LogP contribution in [0, 0.1) is 0 Å². The number of carbonyl (C=O) groups excluding carboxylic acids is 2. The molecule has 2 rings (SSSR count). The maximum Gasteiger partial charge on any atom is 0.308 e. The second-order valence-electron chi connectivity index (χ2n) is 5.86. The van der Waals surface area contributed by atoms with Gasteiger partial charge in [0.15, 0.2) is 0 Å². The summed E-state index contributed by atoms with van der Waals surface area (Å²) < 4.78 is 10.2. The monoisotopic (exact) mass is 312 g/mol. The largest absolute Gasteiger partial charge is 0.427 e. The number of esters is 2. The van der Waals surface area contributed by atoms with E-state index < -0.39 is 0 Å². The SMILES string of the molecule is CC(=O)Oc1ccc(C(C)(C)c2cccc(OC(C)=O)c2)cc1. The molecule has 0 amide bonds. The lowest BCUT2D eigenvalue weighted by Crippen LogP contribution is -2.19. The predicted molar refractivity (Wildman–Crippen MR) is 87.6 cm³/mol. The molecule has 0 N–H and O–H groups in total. The van der Waals surface area contributed by atoms with Crippen LogP contribution in [0.2, 0.25) is 0 Å². The molecule has 0 fully saturated rings. The highest BCUT2D eigenvalue weighted by Gasteiger charge is 2.23. The van der Waals surface area contributed by atoms with Gasteiger partial charge in [0, 0.05) is 19.3 Å². The standard InChI is InChI=1S/C19H20O4/c1-13(20)22-17-10-8-15(9-11-17)19(3,4)16-6-5-7-18(12-16)23-14(2)21/h5-12H,1-4H3. The average Bonchev–Trinajstić information content (AvgIpc) is 2.47. The van der Waals surface area contributed by atoms with Gasteiger partial charge in [-0.3, -0.25) is 9.59 Å². The Labute approximate surface area is 136 Å². The Bertz CT molecular complexity index is 714. The molecule has 0 radical (unpaired) electrons. The summed E-state index contributed by atoms with van der Waals surface area (Å²) in [7, 11) is 0. The zero-order chi connectivity index (χ0) is 17.0. The van der Waals surface area contributed by atoms with Gasteiger partial charge in [0.1, 0.15) is 11.5 Å². The first-order chi connectivity index (χ1) is 10.8. The highest BCUT2D eigenvalue weighted by molar-refractivity contribution is 5.69. The third-order valence-corrected chi connectivity index (χ3v) is 3.65. The summed E-state index contributed by atoms with van der Waals surface area (Å²) >= 11 is 0. The van der Waals surface area contributed by atoms with Crippen LogP contribution in [-0.2, 0) is 15.0 Å². The highest BCUT2D eigenvalue weighted by atomic mass is 16.5. The van der Waals surface area contributed by atoms with Crippen LogP contribution in [-0.4, -0.2) is 11.9 Å². The Hall–Kier alpha value is -2.62. The van der Waals surface area contributed by atoms with E-state index in [4.69, 9.17) is 9.47 Å². The fourth-order valence-corrected chi connectivity index (χ4v) is 2.39. The lowest BCUT2D eigenvalue weighted by molar-refractivity contribution is -0.132. The topological polar surface area (TPSA) is 52.6 Å².